The average Bonchev–Trinajstić information content (AvgIpc) is 2.74. The predicted octanol–water partition coefficient (Wildman–Crippen LogP) is 1.95. The van der Waals surface area contributed by atoms with Gasteiger partial charge in [-0.2, -0.15) is 5.10 Å². The molecule has 2 rings (SSSR count). The maximum absolute atomic E-state index is 11.7. The number of carbonyl (C=O) groups is 1. The maximum Gasteiger partial charge on any atom is 0.340 e. The van der Waals surface area contributed by atoms with Crippen molar-refractivity contribution in [3.05, 3.63) is 46.7 Å². The van der Waals surface area contributed by atoms with E-state index in [4.69, 9.17) is 22.1 Å². The van der Waals surface area contributed by atoms with Crippen LogP contribution in [0.5, 0.6) is 0 Å². The number of nitrogens with zero attached hydrogens (tertiary/aromatic N) is 2. The van der Waals surface area contributed by atoms with Gasteiger partial charge in [-0.3, -0.25) is 4.68 Å². The number of hydrogen-bond donors (Lipinski definition) is 1. The van der Waals surface area contributed by atoms with Crippen molar-refractivity contribution in [1.29, 1.82) is 0 Å². The van der Waals surface area contributed by atoms with Crippen LogP contribution >= 0.6 is 11.6 Å². The van der Waals surface area contributed by atoms with E-state index in [1.807, 2.05) is 0 Å². The van der Waals surface area contributed by atoms with Gasteiger partial charge in [-0.15, -0.1) is 0 Å². The van der Waals surface area contributed by atoms with E-state index in [1.165, 1.54) is 13.3 Å². The molecular weight excluding hydrogens is 254 g/mol. The largest absolute Gasteiger partial charge is 0.465 e. The van der Waals surface area contributed by atoms with Crippen LogP contribution in [0.1, 0.15) is 15.9 Å². The molecule has 0 atom stereocenters. The highest BCUT2D eigenvalue weighted by molar-refractivity contribution is 6.30. The van der Waals surface area contributed by atoms with Crippen molar-refractivity contribution in [3.63, 3.8) is 0 Å². The zero-order valence-corrected chi connectivity index (χ0v) is 10.5. The van der Waals surface area contributed by atoms with Crippen LogP contribution in [0.2, 0.25) is 5.02 Å². The van der Waals surface area contributed by atoms with Gasteiger partial charge in [0.25, 0.3) is 0 Å². The van der Waals surface area contributed by atoms with Crippen LogP contribution in [0.4, 0.5) is 5.69 Å². The van der Waals surface area contributed by atoms with Gasteiger partial charge in [-0.05, 0) is 11.6 Å². The molecule has 1 aromatic heterocycles. The monoisotopic (exact) mass is 265 g/mol. The standard InChI is InChI=1S/C12H12ClN3O2/c1-18-12(17)11-8(3-2-4-10(11)14)6-16-7-9(13)5-15-16/h2-5,7H,6,14H2,1H3. The summed E-state index contributed by atoms with van der Waals surface area (Å²) in [7, 11) is 1.32. The molecule has 0 amide bonds. The fraction of sp³-hybridized carbons (Fsp3) is 0.167. The molecule has 0 aliphatic carbocycles. The molecule has 1 heterocycles. The molecule has 0 radical (unpaired) electrons. The molecule has 0 fully saturated rings. The lowest BCUT2D eigenvalue weighted by molar-refractivity contribution is 0.0600. The highest BCUT2D eigenvalue weighted by Gasteiger charge is 2.15. The summed E-state index contributed by atoms with van der Waals surface area (Å²) in [5.41, 5.74) is 7.29. The Morgan fingerprint density at radius 1 is 1.56 bits per heavy atom. The van der Waals surface area contributed by atoms with Crippen LogP contribution in [-0.4, -0.2) is 22.9 Å². The van der Waals surface area contributed by atoms with Gasteiger partial charge in [-0.1, -0.05) is 23.7 Å². The number of rotatable bonds is 3. The maximum atomic E-state index is 11.7. The Morgan fingerprint density at radius 2 is 2.33 bits per heavy atom. The van der Waals surface area contributed by atoms with Crippen molar-refractivity contribution in [1.82, 2.24) is 9.78 Å². The van der Waals surface area contributed by atoms with Crippen LogP contribution in [0.25, 0.3) is 0 Å². The van der Waals surface area contributed by atoms with E-state index >= 15 is 0 Å². The number of carbonyl (C=O) groups excluding carboxylic acids is 1. The van der Waals surface area contributed by atoms with Crippen molar-refractivity contribution in [2.24, 2.45) is 0 Å². The van der Waals surface area contributed by atoms with Crippen molar-refractivity contribution in [3.8, 4) is 0 Å². The minimum atomic E-state index is -0.457. The average molecular weight is 266 g/mol. The van der Waals surface area contributed by atoms with E-state index in [0.29, 0.717) is 22.8 Å². The second kappa shape index (κ2) is 5.10. The molecular formula is C12H12ClN3O2. The summed E-state index contributed by atoms with van der Waals surface area (Å²) in [6.45, 7) is 0.405. The Kier molecular flexibility index (Phi) is 3.53. The number of methoxy groups -OCH3 is 1. The van der Waals surface area contributed by atoms with E-state index in [1.54, 1.807) is 29.1 Å². The lowest BCUT2D eigenvalue weighted by Crippen LogP contribution is -2.12. The van der Waals surface area contributed by atoms with Gasteiger partial charge in [0.1, 0.15) is 0 Å². The molecule has 2 N–H and O–H groups in total. The number of benzene rings is 1. The van der Waals surface area contributed by atoms with E-state index in [9.17, 15) is 4.79 Å². The zero-order valence-electron chi connectivity index (χ0n) is 9.76. The quantitative estimate of drug-likeness (QED) is 0.680. The molecule has 0 saturated carbocycles. The summed E-state index contributed by atoms with van der Waals surface area (Å²) in [5, 5.41) is 4.60. The van der Waals surface area contributed by atoms with E-state index < -0.39 is 5.97 Å². The zero-order chi connectivity index (χ0) is 13.1. The molecule has 0 bridgehead atoms. The highest BCUT2D eigenvalue weighted by Crippen LogP contribution is 2.19. The minimum absolute atomic E-state index is 0.367. The van der Waals surface area contributed by atoms with Crippen molar-refractivity contribution in [2.75, 3.05) is 12.8 Å². The molecule has 0 unspecified atom stereocenters. The molecule has 94 valence electrons. The summed E-state index contributed by atoms with van der Waals surface area (Å²) in [6, 6.07) is 5.24. The Morgan fingerprint density at radius 3 is 2.94 bits per heavy atom. The molecule has 5 nitrogen and oxygen atoms in total. The number of aromatic nitrogens is 2. The first-order chi connectivity index (χ1) is 8.61. The molecule has 0 aliphatic heterocycles. The molecule has 18 heavy (non-hydrogen) atoms. The van der Waals surface area contributed by atoms with Gasteiger partial charge in [-0.25, -0.2) is 4.79 Å². The van der Waals surface area contributed by atoms with Crippen LogP contribution in [0, 0.1) is 0 Å². The Balaban J connectivity index is 2.38. The lowest BCUT2D eigenvalue weighted by Gasteiger charge is -2.10. The second-order valence-corrected chi connectivity index (χ2v) is 4.17. The van der Waals surface area contributed by atoms with Crippen LogP contribution in [0.15, 0.2) is 30.6 Å². The van der Waals surface area contributed by atoms with Gasteiger partial charge in [0.2, 0.25) is 0 Å². The second-order valence-electron chi connectivity index (χ2n) is 3.73. The van der Waals surface area contributed by atoms with Crippen LogP contribution in [-0.2, 0) is 11.3 Å². The first-order valence-electron chi connectivity index (χ1n) is 5.25. The van der Waals surface area contributed by atoms with E-state index in [0.717, 1.165) is 5.56 Å². The summed E-state index contributed by atoms with van der Waals surface area (Å²) < 4.78 is 6.35. The molecule has 0 saturated heterocycles. The third-order valence-corrected chi connectivity index (χ3v) is 2.70. The summed E-state index contributed by atoms with van der Waals surface area (Å²) >= 11 is 5.79. The number of anilines is 1. The van der Waals surface area contributed by atoms with E-state index in [-0.39, 0.29) is 0 Å². The number of nitrogens with two attached hydrogens (primary N) is 1. The molecule has 0 spiro atoms. The van der Waals surface area contributed by atoms with Crippen LogP contribution < -0.4 is 5.73 Å². The van der Waals surface area contributed by atoms with Crippen LogP contribution in [0.3, 0.4) is 0 Å². The van der Waals surface area contributed by atoms with Gasteiger partial charge in [0.05, 0.1) is 30.4 Å². The highest BCUT2D eigenvalue weighted by atomic mass is 35.5. The first-order valence-corrected chi connectivity index (χ1v) is 5.63. The van der Waals surface area contributed by atoms with Gasteiger partial charge in [0.15, 0.2) is 0 Å². The summed E-state index contributed by atoms with van der Waals surface area (Å²) in [5.74, 6) is -0.457. The number of esters is 1. The fourth-order valence-corrected chi connectivity index (χ4v) is 1.86. The number of hydrogen-bond acceptors (Lipinski definition) is 4. The van der Waals surface area contributed by atoms with Gasteiger partial charge < -0.3 is 10.5 Å². The number of nitrogen functional groups attached to an aromatic ring is 1. The van der Waals surface area contributed by atoms with Gasteiger partial charge in [0, 0.05) is 11.9 Å². The summed E-state index contributed by atoms with van der Waals surface area (Å²) in [4.78, 5) is 11.7. The van der Waals surface area contributed by atoms with Crippen molar-refractivity contribution < 1.29 is 9.53 Å². The molecule has 6 heteroatoms. The Hall–Kier alpha value is -2.01. The first kappa shape index (κ1) is 12.4. The third-order valence-electron chi connectivity index (χ3n) is 2.51. The predicted molar refractivity (Wildman–Crippen MR) is 68.5 cm³/mol. The van der Waals surface area contributed by atoms with Crippen molar-refractivity contribution >= 4 is 23.3 Å². The Labute approximate surface area is 109 Å². The summed E-state index contributed by atoms with van der Waals surface area (Å²) in [6.07, 6.45) is 3.21. The van der Waals surface area contributed by atoms with E-state index in [2.05, 4.69) is 5.10 Å². The Bertz CT molecular complexity index is 580. The smallest absolute Gasteiger partial charge is 0.340 e. The normalized spacial score (nSPS) is 10.3. The lowest BCUT2D eigenvalue weighted by atomic mass is 10.1. The van der Waals surface area contributed by atoms with Crippen molar-refractivity contribution in [2.45, 2.75) is 6.54 Å². The van der Waals surface area contributed by atoms with Gasteiger partial charge >= 0.3 is 5.97 Å². The fourth-order valence-electron chi connectivity index (χ4n) is 1.70. The number of halogens is 1. The topological polar surface area (TPSA) is 70.1 Å². The molecule has 0 aliphatic rings. The minimum Gasteiger partial charge on any atom is -0.465 e. The SMILES string of the molecule is COC(=O)c1c(N)cccc1Cn1cc(Cl)cn1. The molecule has 2 aromatic rings. The third kappa shape index (κ3) is 2.46. The number of ether oxygens (including phenoxy) is 1. The molecule has 1 aromatic carbocycles.